The highest BCUT2D eigenvalue weighted by atomic mass is 14.2. The zero-order chi connectivity index (χ0) is 10.9. The van der Waals surface area contributed by atoms with Gasteiger partial charge in [0.15, 0.2) is 0 Å². The van der Waals surface area contributed by atoms with Crippen LogP contribution in [0.3, 0.4) is 0 Å². The van der Waals surface area contributed by atoms with Gasteiger partial charge < -0.3 is 0 Å². The Kier molecular flexibility index (Phi) is 7.18. The van der Waals surface area contributed by atoms with Gasteiger partial charge in [-0.05, 0) is 12.8 Å². The molecule has 0 bridgehead atoms. The van der Waals surface area contributed by atoms with E-state index < -0.39 is 0 Å². The lowest BCUT2D eigenvalue weighted by atomic mass is 9.84. The molecule has 0 aromatic rings. The van der Waals surface area contributed by atoms with Crippen molar-refractivity contribution in [2.24, 2.45) is 5.41 Å². The Bertz CT molecular complexity index is 198. The first kappa shape index (κ1) is 13.2. The van der Waals surface area contributed by atoms with Gasteiger partial charge in [-0.3, -0.25) is 0 Å². The summed E-state index contributed by atoms with van der Waals surface area (Å²) in [5, 5.41) is 0. The Balaban J connectivity index is 4.39. The molecule has 1 unspecified atom stereocenters. The molecule has 14 heavy (non-hydrogen) atoms. The average molecular weight is 192 g/mol. The minimum absolute atomic E-state index is 0.222. The van der Waals surface area contributed by atoms with E-state index in [4.69, 9.17) is 0 Å². The van der Waals surface area contributed by atoms with E-state index in [2.05, 4.69) is 51.7 Å². The fraction of sp³-hybridized carbons (Fsp3) is 0.571. The Morgan fingerprint density at radius 1 is 1.21 bits per heavy atom. The summed E-state index contributed by atoms with van der Waals surface area (Å²) >= 11 is 0. The largest absolute Gasteiger partial charge is 0.0991 e. The molecule has 0 fully saturated rings. The summed E-state index contributed by atoms with van der Waals surface area (Å²) in [6.07, 6.45) is 15.6. The van der Waals surface area contributed by atoms with Gasteiger partial charge in [-0.25, -0.2) is 0 Å². The van der Waals surface area contributed by atoms with E-state index in [0.717, 1.165) is 6.42 Å². The van der Waals surface area contributed by atoms with E-state index in [1.54, 1.807) is 0 Å². The average Bonchev–Trinajstić information content (AvgIpc) is 2.21. The van der Waals surface area contributed by atoms with Crippen LogP contribution in [-0.2, 0) is 0 Å². The van der Waals surface area contributed by atoms with Crippen LogP contribution >= 0.6 is 0 Å². The zero-order valence-electron chi connectivity index (χ0n) is 9.92. The highest BCUT2D eigenvalue weighted by Crippen LogP contribution is 2.28. The van der Waals surface area contributed by atoms with Gasteiger partial charge in [-0.15, -0.1) is 0 Å². The standard InChI is InChI=1S/C14H24/c1-5-8-11-14(4,12-9-6-2)13-10-7-3/h5,8-9,11-12H,1,6-7,10,13H2,2-4H3. The number of allylic oxidation sites excluding steroid dienone is 5. The van der Waals surface area contributed by atoms with Gasteiger partial charge in [-0.2, -0.15) is 0 Å². The molecule has 1 atom stereocenters. The summed E-state index contributed by atoms with van der Waals surface area (Å²) in [5.74, 6) is 0. The first-order chi connectivity index (χ1) is 6.68. The van der Waals surface area contributed by atoms with Crippen LogP contribution in [0.1, 0.15) is 46.5 Å². The van der Waals surface area contributed by atoms with E-state index >= 15 is 0 Å². The summed E-state index contributed by atoms with van der Waals surface area (Å²) in [6, 6.07) is 0. The topological polar surface area (TPSA) is 0 Å². The molecule has 0 saturated carbocycles. The van der Waals surface area contributed by atoms with Gasteiger partial charge in [0.1, 0.15) is 0 Å². The molecule has 0 rings (SSSR count). The van der Waals surface area contributed by atoms with Crippen molar-refractivity contribution in [3.8, 4) is 0 Å². The molecule has 0 radical (unpaired) electrons. The van der Waals surface area contributed by atoms with E-state index in [1.165, 1.54) is 19.3 Å². The summed E-state index contributed by atoms with van der Waals surface area (Å²) in [5.41, 5.74) is 0.222. The molecule has 0 aliphatic carbocycles. The molecule has 0 N–H and O–H groups in total. The molecule has 80 valence electrons. The number of hydrogen-bond donors (Lipinski definition) is 0. The van der Waals surface area contributed by atoms with Crippen LogP contribution in [-0.4, -0.2) is 0 Å². The van der Waals surface area contributed by atoms with Crippen molar-refractivity contribution < 1.29 is 0 Å². The monoisotopic (exact) mass is 192 g/mol. The molecule has 0 spiro atoms. The quantitative estimate of drug-likeness (QED) is 0.398. The number of rotatable bonds is 7. The van der Waals surface area contributed by atoms with Gasteiger partial charge in [0.2, 0.25) is 0 Å². The highest BCUT2D eigenvalue weighted by molar-refractivity contribution is 5.13. The molecule has 0 heterocycles. The summed E-state index contributed by atoms with van der Waals surface area (Å²) in [4.78, 5) is 0. The Labute approximate surface area is 89.4 Å². The minimum atomic E-state index is 0.222. The maximum atomic E-state index is 3.71. The maximum absolute atomic E-state index is 3.71. The number of hydrogen-bond acceptors (Lipinski definition) is 0. The highest BCUT2D eigenvalue weighted by Gasteiger charge is 2.15. The lowest BCUT2D eigenvalue weighted by molar-refractivity contribution is 0.473. The Morgan fingerprint density at radius 3 is 2.43 bits per heavy atom. The van der Waals surface area contributed by atoms with Gasteiger partial charge in [0, 0.05) is 5.41 Å². The van der Waals surface area contributed by atoms with Crippen LogP contribution in [0.15, 0.2) is 37.0 Å². The van der Waals surface area contributed by atoms with Gasteiger partial charge in [0.25, 0.3) is 0 Å². The normalized spacial score (nSPS) is 16.2. The molecular weight excluding hydrogens is 168 g/mol. The Hall–Kier alpha value is -0.780. The van der Waals surface area contributed by atoms with Crippen molar-refractivity contribution in [1.82, 2.24) is 0 Å². The first-order valence-electron chi connectivity index (χ1n) is 5.66. The third kappa shape index (κ3) is 5.80. The van der Waals surface area contributed by atoms with Crippen LogP contribution in [0.25, 0.3) is 0 Å². The Morgan fingerprint density at radius 2 is 1.93 bits per heavy atom. The molecule has 0 aliphatic rings. The molecular formula is C14H24. The molecule has 0 heteroatoms. The van der Waals surface area contributed by atoms with Crippen molar-refractivity contribution in [3.05, 3.63) is 37.0 Å². The predicted octanol–water partition coefficient (Wildman–Crippen LogP) is 4.89. The van der Waals surface area contributed by atoms with Gasteiger partial charge in [0.05, 0.1) is 0 Å². The summed E-state index contributed by atoms with van der Waals surface area (Å²) < 4.78 is 0. The molecule has 0 nitrogen and oxygen atoms in total. The van der Waals surface area contributed by atoms with Crippen molar-refractivity contribution in [1.29, 1.82) is 0 Å². The fourth-order valence-electron chi connectivity index (χ4n) is 1.45. The summed E-state index contributed by atoms with van der Waals surface area (Å²) in [7, 11) is 0. The SMILES string of the molecule is C=CC=CC(C)(C=CCC)CCCC. The summed E-state index contributed by atoms with van der Waals surface area (Å²) in [6.45, 7) is 10.4. The van der Waals surface area contributed by atoms with Crippen LogP contribution in [0, 0.1) is 5.41 Å². The molecule has 0 amide bonds. The number of unbranched alkanes of at least 4 members (excludes halogenated alkanes) is 1. The zero-order valence-corrected chi connectivity index (χ0v) is 9.92. The van der Waals surface area contributed by atoms with Crippen LogP contribution in [0.5, 0.6) is 0 Å². The van der Waals surface area contributed by atoms with Crippen molar-refractivity contribution in [2.45, 2.75) is 46.5 Å². The van der Waals surface area contributed by atoms with Crippen LogP contribution in [0.2, 0.25) is 0 Å². The van der Waals surface area contributed by atoms with Crippen molar-refractivity contribution in [3.63, 3.8) is 0 Å². The molecule has 0 aliphatic heterocycles. The predicted molar refractivity (Wildman–Crippen MR) is 66.4 cm³/mol. The fourth-order valence-corrected chi connectivity index (χ4v) is 1.45. The van der Waals surface area contributed by atoms with E-state index in [9.17, 15) is 0 Å². The van der Waals surface area contributed by atoms with E-state index in [-0.39, 0.29) is 5.41 Å². The molecule has 0 aromatic carbocycles. The van der Waals surface area contributed by atoms with Crippen LogP contribution < -0.4 is 0 Å². The second-order valence-corrected chi connectivity index (χ2v) is 4.01. The lowest BCUT2D eigenvalue weighted by Crippen LogP contribution is -2.09. The lowest BCUT2D eigenvalue weighted by Gasteiger charge is -2.21. The van der Waals surface area contributed by atoms with Gasteiger partial charge >= 0.3 is 0 Å². The van der Waals surface area contributed by atoms with E-state index in [1.807, 2.05) is 6.08 Å². The third-order valence-corrected chi connectivity index (χ3v) is 2.42. The second kappa shape index (κ2) is 7.61. The first-order valence-corrected chi connectivity index (χ1v) is 5.66. The third-order valence-electron chi connectivity index (χ3n) is 2.42. The molecule has 0 saturated heterocycles. The van der Waals surface area contributed by atoms with Gasteiger partial charge in [-0.1, -0.05) is 70.6 Å². The van der Waals surface area contributed by atoms with Crippen LogP contribution in [0.4, 0.5) is 0 Å². The molecule has 0 aromatic heterocycles. The second-order valence-electron chi connectivity index (χ2n) is 4.01. The van der Waals surface area contributed by atoms with E-state index in [0.29, 0.717) is 0 Å². The van der Waals surface area contributed by atoms with Crippen molar-refractivity contribution in [2.75, 3.05) is 0 Å². The minimum Gasteiger partial charge on any atom is -0.0991 e. The van der Waals surface area contributed by atoms with Crippen molar-refractivity contribution >= 4 is 0 Å². The maximum Gasteiger partial charge on any atom is 0.00358 e. The smallest absolute Gasteiger partial charge is 0.00358 e.